The molecule has 27 heavy (non-hydrogen) atoms. The lowest BCUT2D eigenvalue weighted by Gasteiger charge is -2.09. The first-order valence-electron chi connectivity index (χ1n) is 7.48. The second-order valence-corrected chi connectivity index (χ2v) is 5.20. The number of nitrogens with zero attached hydrogens (tertiary/aromatic N) is 2. The quantitative estimate of drug-likeness (QED) is 0.717. The third kappa shape index (κ3) is 4.54. The molecular formula is C17H12F3N3O4. The lowest BCUT2D eigenvalue weighted by atomic mass is 10.2. The number of amides is 1. The minimum atomic E-state index is -4.41. The molecule has 0 saturated carbocycles. The summed E-state index contributed by atoms with van der Waals surface area (Å²) in [6, 6.07) is 8.50. The average Bonchev–Trinajstić information content (AvgIpc) is 3.12. The van der Waals surface area contributed by atoms with Gasteiger partial charge in [-0.1, -0.05) is 0 Å². The third-order valence-electron chi connectivity index (χ3n) is 3.32. The van der Waals surface area contributed by atoms with E-state index < -0.39 is 17.6 Å². The van der Waals surface area contributed by atoms with E-state index in [4.69, 9.17) is 14.0 Å². The Kier molecular flexibility index (Phi) is 4.97. The molecule has 0 bridgehead atoms. The number of methoxy groups -OCH3 is 1. The van der Waals surface area contributed by atoms with Crippen LogP contribution in [0.5, 0.6) is 17.5 Å². The largest absolute Gasteiger partial charge is 0.479 e. The first kappa shape index (κ1) is 18.2. The molecule has 2 heterocycles. The Labute approximate surface area is 150 Å². The molecule has 3 aromatic rings. The van der Waals surface area contributed by atoms with Crippen LogP contribution in [0.25, 0.3) is 0 Å². The number of halogens is 3. The maximum atomic E-state index is 12.5. The summed E-state index contributed by atoms with van der Waals surface area (Å²) in [7, 11) is 1.39. The van der Waals surface area contributed by atoms with Gasteiger partial charge in [0, 0.05) is 6.07 Å². The van der Waals surface area contributed by atoms with Crippen molar-refractivity contribution in [1.29, 1.82) is 0 Å². The van der Waals surface area contributed by atoms with Crippen molar-refractivity contribution < 1.29 is 32.0 Å². The smallest absolute Gasteiger partial charge is 0.416 e. The van der Waals surface area contributed by atoms with Crippen LogP contribution in [0.15, 0.2) is 53.2 Å². The van der Waals surface area contributed by atoms with Crippen LogP contribution in [0.1, 0.15) is 16.1 Å². The summed E-state index contributed by atoms with van der Waals surface area (Å²) >= 11 is 0. The molecule has 1 aromatic carbocycles. The minimum absolute atomic E-state index is 0.0445. The molecule has 0 aliphatic heterocycles. The molecule has 1 amide bonds. The zero-order valence-corrected chi connectivity index (χ0v) is 13.8. The summed E-state index contributed by atoms with van der Waals surface area (Å²) in [5, 5.41) is 6.06. The number of hydrogen-bond donors (Lipinski definition) is 1. The number of alkyl halides is 3. The third-order valence-corrected chi connectivity index (χ3v) is 3.32. The number of hydrogen-bond acceptors (Lipinski definition) is 6. The van der Waals surface area contributed by atoms with Gasteiger partial charge in [0.25, 0.3) is 11.8 Å². The molecule has 10 heteroatoms. The highest BCUT2D eigenvalue weighted by Crippen LogP contribution is 2.31. The normalized spacial score (nSPS) is 11.1. The minimum Gasteiger partial charge on any atom is -0.479 e. The van der Waals surface area contributed by atoms with E-state index in [1.54, 1.807) is 0 Å². The highest BCUT2D eigenvalue weighted by atomic mass is 19.4. The molecule has 0 saturated heterocycles. The second-order valence-electron chi connectivity index (χ2n) is 5.20. The molecule has 2 aromatic heterocycles. The first-order chi connectivity index (χ1) is 12.8. The fraction of sp³-hybridized carbons (Fsp3) is 0.118. The molecular weight excluding hydrogens is 367 g/mol. The van der Waals surface area contributed by atoms with Gasteiger partial charge >= 0.3 is 6.18 Å². The van der Waals surface area contributed by atoms with Crippen LogP contribution in [0.2, 0.25) is 0 Å². The Bertz CT molecular complexity index is 922. The molecule has 0 fully saturated rings. The maximum absolute atomic E-state index is 12.5. The molecule has 0 atom stereocenters. The van der Waals surface area contributed by atoms with E-state index in [9.17, 15) is 18.0 Å². The van der Waals surface area contributed by atoms with Crippen molar-refractivity contribution in [1.82, 2.24) is 10.1 Å². The van der Waals surface area contributed by atoms with Gasteiger partial charge in [-0.3, -0.25) is 4.79 Å². The number of carbonyl (C=O) groups excluding carboxylic acids is 1. The van der Waals surface area contributed by atoms with Gasteiger partial charge in [0.2, 0.25) is 11.6 Å². The number of pyridine rings is 1. The number of anilines is 1. The number of carbonyl (C=O) groups is 1. The van der Waals surface area contributed by atoms with Crippen LogP contribution in [-0.2, 0) is 6.18 Å². The summed E-state index contributed by atoms with van der Waals surface area (Å²) in [6.45, 7) is 0. The Morgan fingerprint density at radius 3 is 2.41 bits per heavy atom. The van der Waals surface area contributed by atoms with Gasteiger partial charge in [0.1, 0.15) is 5.75 Å². The predicted molar refractivity (Wildman–Crippen MR) is 86.8 cm³/mol. The van der Waals surface area contributed by atoms with E-state index >= 15 is 0 Å². The van der Waals surface area contributed by atoms with Gasteiger partial charge in [-0.05, 0) is 35.5 Å². The van der Waals surface area contributed by atoms with E-state index in [1.807, 2.05) is 0 Å². The van der Waals surface area contributed by atoms with Crippen LogP contribution in [0.3, 0.4) is 0 Å². The summed E-state index contributed by atoms with van der Waals surface area (Å²) in [5.41, 5.74) is -0.417. The summed E-state index contributed by atoms with van der Waals surface area (Å²) in [4.78, 5) is 16.0. The van der Waals surface area contributed by atoms with Crippen LogP contribution in [0, 0.1) is 0 Å². The molecule has 1 N–H and O–H groups in total. The maximum Gasteiger partial charge on any atom is 0.416 e. The Balaban J connectivity index is 1.62. The fourth-order valence-electron chi connectivity index (χ4n) is 2.00. The Morgan fingerprint density at radius 1 is 1.11 bits per heavy atom. The van der Waals surface area contributed by atoms with Crippen molar-refractivity contribution in [2.75, 3.05) is 12.4 Å². The zero-order valence-electron chi connectivity index (χ0n) is 13.8. The zero-order chi connectivity index (χ0) is 19.4. The van der Waals surface area contributed by atoms with Gasteiger partial charge in [0.15, 0.2) is 0 Å². The van der Waals surface area contributed by atoms with Gasteiger partial charge in [-0.25, -0.2) is 4.98 Å². The van der Waals surface area contributed by atoms with E-state index in [-0.39, 0.29) is 23.3 Å². The topological polar surface area (TPSA) is 86.5 Å². The highest BCUT2D eigenvalue weighted by Gasteiger charge is 2.30. The number of benzene rings is 1. The molecule has 0 radical (unpaired) electrons. The van der Waals surface area contributed by atoms with Crippen molar-refractivity contribution in [3.05, 3.63) is 60.0 Å². The summed E-state index contributed by atoms with van der Waals surface area (Å²) in [5.74, 6) is -0.0883. The highest BCUT2D eigenvalue weighted by molar-refractivity contribution is 6.02. The van der Waals surface area contributed by atoms with Crippen molar-refractivity contribution >= 4 is 11.6 Å². The van der Waals surface area contributed by atoms with E-state index in [1.165, 1.54) is 43.6 Å². The molecule has 0 unspecified atom stereocenters. The average molecular weight is 379 g/mol. The second kappa shape index (κ2) is 7.36. The molecule has 140 valence electrons. The molecule has 0 aliphatic rings. The Morgan fingerprint density at radius 2 is 1.85 bits per heavy atom. The monoisotopic (exact) mass is 379 g/mol. The predicted octanol–water partition coefficient (Wildman–Crippen LogP) is 4.14. The standard InChI is InChI=1S/C17H12F3N3O4/c1-25-15-8-13(27-23-15)16(24)22-11-4-7-14(21-9-11)26-12-5-2-10(3-6-12)17(18,19)20/h2-9H,1H3,(H,22,24). The van der Waals surface area contributed by atoms with Crippen LogP contribution in [0.4, 0.5) is 18.9 Å². The van der Waals surface area contributed by atoms with Crippen molar-refractivity contribution in [3.63, 3.8) is 0 Å². The van der Waals surface area contributed by atoms with Crippen LogP contribution in [-0.4, -0.2) is 23.2 Å². The number of aromatic nitrogens is 2. The van der Waals surface area contributed by atoms with E-state index in [2.05, 4.69) is 15.5 Å². The fourth-order valence-corrected chi connectivity index (χ4v) is 2.00. The van der Waals surface area contributed by atoms with Gasteiger partial charge in [0.05, 0.1) is 30.6 Å². The lowest BCUT2D eigenvalue weighted by Crippen LogP contribution is -2.11. The molecule has 7 nitrogen and oxygen atoms in total. The van der Waals surface area contributed by atoms with Gasteiger partial charge in [-0.2, -0.15) is 13.2 Å². The number of rotatable bonds is 5. The van der Waals surface area contributed by atoms with E-state index in [0.717, 1.165) is 12.1 Å². The molecule has 0 aliphatic carbocycles. The number of nitrogens with one attached hydrogen (secondary N) is 1. The molecule has 0 spiro atoms. The van der Waals surface area contributed by atoms with Crippen LogP contribution < -0.4 is 14.8 Å². The van der Waals surface area contributed by atoms with Crippen molar-refractivity contribution in [2.24, 2.45) is 0 Å². The summed E-state index contributed by atoms with van der Waals surface area (Å²) < 4.78 is 52.6. The summed E-state index contributed by atoms with van der Waals surface area (Å²) in [6.07, 6.45) is -3.09. The number of ether oxygens (including phenoxy) is 2. The van der Waals surface area contributed by atoms with Gasteiger partial charge < -0.3 is 19.3 Å². The van der Waals surface area contributed by atoms with Crippen LogP contribution >= 0.6 is 0 Å². The first-order valence-corrected chi connectivity index (χ1v) is 7.48. The van der Waals surface area contributed by atoms with Crippen molar-refractivity contribution in [2.45, 2.75) is 6.18 Å². The van der Waals surface area contributed by atoms with Gasteiger partial charge in [-0.15, -0.1) is 0 Å². The van der Waals surface area contributed by atoms with Crippen molar-refractivity contribution in [3.8, 4) is 17.5 Å². The lowest BCUT2D eigenvalue weighted by molar-refractivity contribution is -0.137. The SMILES string of the molecule is COc1cc(C(=O)Nc2ccc(Oc3ccc(C(F)(F)F)cc3)nc2)on1. The Hall–Kier alpha value is -3.56. The molecule has 3 rings (SSSR count). The van der Waals surface area contributed by atoms with E-state index in [0.29, 0.717) is 5.69 Å².